The van der Waals surface area contributed by atoms with Gasteiger partial charge in [-0.05, 0) is 0 Å². The van der Waals surface area contributed by atoms with Crippen molar-refractivity contribution in [3.63, 3.8) is 0 Å². The largest absolute Gasteiger partial charge is 0.361 e. The third-order valence-corrected chi connectivity index (χ3v) is 3.15. The van der Waals surface area contributed by atoms with E-state index in [2.05, 4.69) is 23.2 Å². The highest BCUT2D eigenvalue weighted by atomic mass is 35.5. The zero-order valence-electron chi connectivity index (χ0n) is 6.44. The maximum absolute atomic E-state index is 13.0. The molecule has 2 atom stereocenters. The van der Waals surface area contributed by atoms with Crippen LogP contribution in [0.1, 0.15) is 12.8 Å². The predicted octanol–water partition coefficient (Wildman–Crippen LogP) is 3.86. The second kappa shape index (κ2) is 2.84. The first-order chi connectivity index (χ1) is 5.96. The fourth-order valence-electron chi connectivity index (χ4n) is 1.09. The number of hydrogen-bond acceptors (Lipinski definition) is 0. The molecular weight excluding hydrogens is 257 g/mol. The van der Waals surface area contributed by atoms with Gasteiger partial charge in [0.2, 0.25) is 5.13 Å². The van der Waals surface area contributed by atoms with E-state index in [1.54, 1.807) is 0 Å². The molecule has 1 saturated carbocycles. The lowest BCUT2D eigenvalue weighted by atomic mass is 9.88. The highest BCUT2D eigenvalue weighted by molar-refractivity contribution is 6.34. The van der Waals surface area contributed by atoms with Gasteiger partial charge in [-0.2, -0.15) is 17.6 Å². The fraction of sp³-hybridized carbons (Fsp3) is 1.00. The Kier molecular flexibility index (Phi) is 2.48. The lowest BCUT2D eigenvalue weighted by molar-refractivity contribution is -0.290. The van der Waals surface area contributed by atoms with E-state index in [4.69, 9.17) is 0 Å². The summed E-state index contributed by atoms with van der Waals surface area (Å²) in [6.45, 7) is 0. The van der Waals surface area contributed by atoms with E-state index in [1.807, 2.05) is 0 Å². The van der Waals surface area contributed by atoms with Gasteiger partial charge < -0.3 is 0 Å². The summed E-state index contributed by atoms with van der Waals surface area (Å²) < 4.78 is 76.3. The first-order valence-corrected chi connectivity index (χ1v) is 4.22. The summed E-state index contributed by atoms with van der Waals surface area (Å²) in [5.41, 5.74) is 0. The van der Waals surface area contributed by atoms with Crippen molar-refractivity contribution >= 4 is 23.2 Å². The van der Waals surface area contributed by atoms with Gasteiger partial charge >= 0.3 is 11.8 Å². The van der Waals surface area contributed by atoms with Gasteiger partial charge in [-0.25, -0.2) is 8.78 Å². The van der Waals surface area contributed by atoms with Crippen molar-refractivity contribution in [3.8, 4) is 0 Å². The van der Waals surface area contributed by atoms with E-state index in [-0.39, 0.29) is 0 Å². The Morgan fingerprint density at radius 3 is 1.57 bits per heavy atom. The van der Waals surface area contributed by atoms with Gasteiger partial charge in [-0.15, -0.1) is 0 Å². The zero-order valence-corrected chi connectivity index (χ0v) is 7.95. The molecule has 0 radical (unpaired) electrons. The smallest absolute Gasteiger partial charge is 0.221 e. The number of halogens is 8. The minimum Gasteiger partial charge on any atom is -0.221 e. The van der Waals surface area contributed by atoms with Crippen molar-refractivity contribution in [2.45, 2.75) is 34.9 Å². The maximum Gasteiger partial charge on any atom is 0.361 e. The third kappa shape index (κ3) is 1.30. The van der Waals surface area contributed by atoms with Gasteiger partial charge in [0, 0.05) is 12.8 Å². The quantitative estimate of drug-likeness (QED) is 0.458. The van der Waals surface area contributed by atoms with Crippen molar-refractivity contribution in [2.75, 3.05) is 0 Å². The standard InChI is InChI=1S/C6H4Cl2F6/c7-3(9)1-2-4(10,11)6(13,14)5(3,8)12/h1-2H2. The Bertz CT molecular complexity index is 223. The van der Waals surface area contributed by atoms with E-state index in [0.717, 1.165) is 0 Å². The van der Waals surface area contributed by atoms with Gasteiger partial charge in [0.1, 0.15) is 0 Å². The zero-order chi connectivity index (χ0) is 11.4. The molecule has 8 heteroatoms. The van der Waals surface area contributed by atoms with Gasteiger partial charge in [-0.3, -0.25) is 0 Å². The number of hydrogen-bond donors (Lipinski definition) is 0. The van der Waals surface area contributed by atoms with Gasteiger partial charge in [0.05, 0.1) is 0 Å². The Morgan fingerprint density at radius 2 is 1.21 bits per heavy atom. The molecule has 0 aromatic carbocycles. The molecule has 0 bridgehead atoms. The van der Waals surface area contributed by atoms with Crippen LogP contribution in [0, 0.1) is 0 Å². The van der Waals surface area contributed by atoms with E-state index >= 15 is 0 Å². The van der Waals surface area contributed by atoms with Crippen molar-refractivity contribution in [2.24, 2.45) is 0 Å². The van der Waals surface area contributed by atoms with Crippen molar-refractivity contribution in [1.29, 1.82) is 0 Å². The summed E-state index contributed by atoms with van der Waals surface area (Å²) in [5, 5.41) is -8.30. The molecule has 0 spiro atoms. The molecule has 0 aromatic rings. The van der Waals surface area contributed by atoms with E-state index < -0.39 is 34.9 Å². The molecule has 0 aromatic heterocycles. The van der Waals surface area contributed by atoms with Crippen LogP contribution in [0.25, 0.3) is 0 Å². The third-order valence-electron chi connectivity index (χ3n) is 2.07. The van der Waals surface area contributed by atoms with Crippen molar-refractivity contribution in [3.05, 3.63) is 0 Å². The van der Waals surface area contributed by atoms with Crippen molar-refractivity contribution in [1.82, 2.24) is 0 Å². The van der Waals surface area contributed by atoms with Crippen LogP contribution in [0.15, 0.2) is 0 Å². The average Bonchev–Trinajstić information content (AvgIpc) is 1.98. The van der Waals surface area contributed by atoms with E-state index in [9.17, 15) is 26.3 Å². The molecule has 2 unspecified atom stereocenters. The van der Waals surface area contributed by atoms with Crippen molar-refractivity contribution < 1.29 is 26.3 Å². The van der Waals surface area contributed by atoms with E-state index in [1.165, 1.54) is 0 Å². The molecule has 14 heavy (non-hydrogen) atoms. The molecule has 84 valence electrons. The maximum atomic E-state index is 13.0. The summed E-state index contributed by atoms with van der Waals surface area (Å²) in [6.07, 6.45) is -2.84. The fourth-order valence-corrected chi connectivity index (χ4v) is 1.53. The Morgan fingerprint density at radius 1 is 0.786 bits per heavy atom. The van der Waals surface area contributed by atoms with Crippen LogP contribution in [0.5, 0.6) is 0 Å². The first kappa shape index (κ1) is 12.2. The van der Waals surface area contributed by atoms with Gasteiger partial charge in [0.25, 0.3) is 5.13 Å². The van der Waals surface area contributed by atoms with Crippen LogP contribution in [0.4, 0.5) is 26.3 Å². The Balaban J connectivity index is 3.20. The molecule has 0 heterocycles. The SMILES string of the molecule is FC1(F)CCC(F)(Cl)C(F)(Cl)C1(F)F. The van der Waals surface area contributed by atoms with Crippen LogP contribution in [-0.2, 0) is 0 Å². The predicted molar refractivity (Wildman–Crippen MR) is 38.5 cm³/mol. The summed E-state index contributed by atoms with van der Waals surface area (Å²) in [6, 6.07) is 0. The summed E-state index contributed by atoms with van der Waals surface area (Å²) in [7, 11) is 0. The molecular formula is C6H4Cl2F6. The minimum absolute atomic E-state index is 1.28. The molecule has 1 rings (SSSR count). The monoisotopic (exact) mass is 260 g/mol. The number of alkyl halides is 8. The first-order valence-electron chi connectivity index (χ1n) is 3.47. The van der Waals surface area contributed by atoms with Gasteiger partial charge in [0.15, 0.2) is 0 Å². The highest BCUT2D eigenvalue weighted by Gasteiger charge is 2.80. The molecule has 0 nitrogen and oxygen atoms in total. The molecule has 1 aliphatic rings. The Hall–Kier alpha value is 0.160. The van der Waals surface area contributed by atoms with Crippen LogP contribution >= 0.6 is 23.2 Å². The lowest BCUT2D eigenvalue weighted by Crippen LogP contribution is -2.65. The van der Waals surface area contributed by atoms with Crippen LogP contribution < -0.4 is 0 Å². The highest BCUT2D eigenvalue weighted by Crippen LogP contribution is 2.61. The lowest BCUT2D eigenvalue weighted by Gasteiger charge is -2.43. The van der Waals surface area contributed by atoms with Crippen LogP contribution in [0.2, 0.25) is 0 Å². The second-order valence-corrected chi connectivity index (χ2v) is 4.18. The average molecular weight is 261 g/mol. The van der Waals surface area contributed by atoms with Crippen LogP contribution in [0.3, 0.4) is 0 Å². The number of rotatable bonds is 0. The molecule has 0 aliphatic heterocycles. The van der Waals surface area contributed by atoms with Gasteiger partial charge in [-0.1, -0.05) is 23.2 Å². The molecule has 1 aliphatic carbocycles. The molecule has 0 saturated heterocycles. The molecule has 0 amide bonds. The summed E-state index contributed by atoms with van der Waals surface area (Å²) >= 11 is 9.12. The minimum atomic E-state index is -5.34. The van der Waals surface area contributed by atoms with Crippen LogP contribution in [-0.4, -0.2) is 22.1 Å². The summed E-state index contributed by atoms with van der Waals surface area (Å²) in [4.78, 5) is 0. The molecule has 1 fully saturated rings. The second-order valence-electron chi connectivity index (χ2n) is 3.06. The topological polar surface area (TPSA) is 0 Å². The molecule has 0 N–H and O–H groups in total. The summed E-state index contributed by atoms with van der Waals surface area (Å²) in [5.74, 6) is -10.0. The normalized spacial score (nSPS) is 46.3. The van der Waals surface area contributed by atoms with E-state index in [0.29, 0.717) is 0 Å². The Labute approximate surface area is 85.2 Å².